The van der Waals surface area contributed by atoms with Crippen LogP contribution >= 0.6 is 0 Å². The van der Waals surface area contributed by atoms with Gasteiger partial charge in [-0.3, -0.25) is 0 Å². The van der Waals surface area contributed by atoms with Gasteiger partial charge in [0.2, 0.25) is 0 Å². The van der Waals surface area contributed by atoms with E-state index in [1.165, 1.54) is 19.4 Å². The van der Waals surface area contributed by atoms with Crippen LogP contribution in [0.2, 0.25) is 0 Å². The zero-order chi connectivity index (χ0) is 6.32. The summed E-state index contributed by atoms with van der Waals surface area (Å²) in [7, 11) is 0. The summed E-state index contributed by atoms with van der Waals surface area (Å²) in [6.45, 7) is 4.37. The van der Waals surface area contributed by atoms with Gasteiger partial charge in [-0.05, 0) is 26.3 Å². The van der Waals surface area contributed by atoms with Crippen molar-refractivity contribution in [3.05, 3.63) is 0 Å². The van der Waals surface area contributed by atoms with Gasteiger partial charge in [0.25, 0.3) is 0 Å². The van der Waals surface area contributed by atoms with Crippen LogP contribution in [0.4, 0.5) is 0 Å². The van der Waals surface area contributed by atoms with Gasteiger partial charge in [-0.15, -0.1) is 0 Å². The van der Waals surface area contributed by atoms with Crippen molar-refractivity contribution in [3.63, 3.8) is 0 Å². The molecule has 0 amide bonds. The molecule has 0 bridgehead atoms. The molecule has 2 nitrogen and oxygen atoms in total. The average Bonchev–Trinajstić information content (AvgIpc) is 2.60. The van der Waals surface area contributed by atoms with Gasteiger partial charge in [-0.2, -0.15) is 0 Å². The van der Waals surface area contributed by atoms with E-state index in [2.05, 4.69) is 12.2 Å². The molecule has 0 aromatic rings. The van der Waals surface area contributed by atoms with Crippen molar-refractivity contribution in [2.75, 3.05) is 13.2 Å². The molecule has 1 N–H and O–H groups in total. The van der Waals surface area contributed by atoms with Gasteiger partial charge in [-0.1, -0.05) is 7.43 Å². The first-order valence-corrected chi connectivity index (χ1v) is 3.71. The molecule has 0 radical (unpaired) electrons. The minimum Gasteiger partial charge on any atom is -0.368 e. The Bertz CT molecular complexity index is 120. The maximum Gasteiger partial charge on any atom is 0.107 e. The van der Waals surface area contributed by atoms with Gasteiger partial charge in [-0.25, -0.2) is 0 Å². The Morgan fingerprint density at radius 2 is 2.30 bits per heavy atom. The molecule has 2 fully saturated rings. The van der Waals surface area contributed by atoms with Crippen molar-refractivity contribution in [2.24, 2.45) is 0 Å². The SMILES string of the molecule is C.CC1NCCCC12CO2. The molecule has 1 spiro atoms. The normalized spacial score (nSPS) is 44.7. The van der Waals surface area contributed by atoms with Gasteiger partial charge in [0.1, 0.15) is 5.60 Å². The van der Waals surface area contributed by atoms with E-state index >= 15 is 0 Å². The lowest BCUT2D eigenvalue weighted by molar-refractivity contribution is 0.201. The van der Waals surface area contributed by atoms with Crippen molar-refractivity contribution in [1.29, 1.82) is 0 Å². The van der Waals surface area contributed by atoms with Crippen LogP contribution < -0.4 is 5.32 Å². The zero-order valence-corrected chi connectivity index (χ0v) is 5.81. The van der Waals surface area contributed by atoms with Gasteiger partial charge in [0, 0.05) is 6.04 Å². The second kappa shape index (κ2) is 2.51. The molecule has 2 aliphatic rings. The summed E-state index contributed by atoms with van der Waals surface area (Å²) in [6, 6.07) is 0.589. The predicted molar refractivity (Wildman–Crippen MR) is 42.1 cm³/mol. The highest BCUT2D eigenvalue weighted by Crippen LogP contribution is 2.37. The Morgan fingerprint density at radius 3 is 2.70 bits per heavy atom. The third-order valence-corrected chi connectivity index (χ3v) is 2.53. The molecule has 2 heteroatoms. The highest BCUT2D eigenvalue weighted by Gasteiger charge is 2.50. The summed E-state index contributed by atoms with van der Waals surface area (Å²) >= 11 is 0. The lowest BCUT2D eigenvalue weighted by atomic mass is 9.93. The predicted octanol–water partition coefficient (Wildman–Crippen LogP) is 1.16. The van der Waals surface area contributed by atoms with Gasteiger partial charge >= 0.3 is 0 Å². The van der Waals surface area contributed by atoms with Crippen LogP contribution in [0.25, 0.3) is 0 Å². The fourth-order valence-corrected chi connectivity index (χ4v) is 1.60. The molecule has 0 aromatic carbocycles. The van der Waals surface area contributed by atoms with Crippen LogP contribution in [0.1, 0.15) is 27.2 Å². The largest absolute Gasteiger partial charge is 0.368 e. The monoisotopic (exact) mass is 143 g/mol. The molecule has 0 aromatic heterocycles. The van der Waals surface area contributed by atoms with Crippen LogP contribution in [0, 0.1) is 0 Å². The molecule has 2 heterocycles. The van der Waals surface area contributed by atoms with Crippen molar-refractivity contribution in [3.8, 4) is 0 Å². The third kappa shape index (κ3) is 1.06. The summed E-state index contributed by atoms with van der Waals surface area (Å²) in [5.41, 5.74) is 0.276. The number of piperidine rings is 1. The van der Waals surface area contributed by atoms with E-state index < -0.39 is 0 Å². The molecule has 2 rings (SSSR count). The van der Waals surface area contributed by atoms with Gasteiger partial charge < -0.3 is 10.1 Å². The Morgan fingerprint density at radius 1 is 1.60 bits per heavy atom. The molecule has 2 atom stereocenters. The third-order valence-electron chi connectivity index (χ3n) is 2.53. The number of hydrogen-bond acceptors (Lipinski definition) is 2. The summed E-state index contributed by atoms with van der Waals surface area (Å²) in [4.78, 5) is 0. The number of hydrogen-bond donors (Lipinski definition) is 1. The molecule has 10 heavy (non-hydrogen) atoms. The van der Waals surface area contributed by atoms with Crippen LogP contribution in [-0.2, 0) is 4.74 Å². The molecular formula is C8H17NO. The first kappa shape index (κ1) is 8.02. The van der Waals surface area contributed by atoms with Crippen LogP contribution in [0.5, 0.6) is 0 Å². The molecule has 0 aliphatic carbocycles. The second-order valence-corrected chi connectivity index (χ2v) is 3.13. The van der Waals surface area contributed by atoms with Gasteiger partial charge in [0.15, 0.2) is 0 Å². The van der Waals surface area contributed by atoms with E-state index in [0.29, 0.717) is 6.04 Å². The number of rotatable bonds is 0. The average molecular weight is 143 g/mol. The number of ether oxygens (including phenoxy) is 1. The number of nitrogens with one attached hydrogen (secondary N) is 1. The standard InChI is InChI=1S/C7H13NO.CH4/c1-6-7(5-9-7)3-2-4-8-6;/h6,8H,2-5H2,1H3;1H4. The summed E-state index contributed by atoms with van der Waals surface area (Å²) in [5, 5.41) is 3.41. The van der Waals surface area contributed by atoms with Gasteiger partial charge in [0.05, 0.1) is 6.61 Å². The van der Waals surface area contributed by atoms with E-state index in [-0.39, 0.29) is 13.0 Å². The highest BCUT2D eigenvalue weighted by molar-refractivity contribution is 5.02. The molecule has 2 saturated heterocycles. The fraction of sp³-hybridized carbons (Fsp3) is 1.00. The second-order valence-electron chi connectivity index (χ2n) is 3.13. The van der Waals surface area contributed by atoms with E-state index in [1.807, 2.05) is 0 Å². The van der Waals surface area contributed by atoms with E-state index in [0.717, 1.165) is 6.61 Å². The molecule has 0 saturated carbocycles. The smallest absolute Gasteiger partial charge is 0.107 e. The minimum absolute atomic E-state index is 0. The molecule has 2 aliphatic heterocycles. The maximum absolute atomic E-state index is 5.39. The van der Waals surface area contributed by atoms with Crippen LogP contribution in [0.3, 0.4) is 0 Å². The molecular weight excluding hydrogens is 126 g/mol. The quantitative estimate of drug-likeness (QED) is 0.515. The van der Waals surface area contributed by atoms with E-state index in [9.17, 15) is 0 Å². The van der Waals surface area contributed by atoms with Crippen LogP contribution in [0.15, 0.2) is 0 Å². The Kier molecular flexibility index (Phi) is 2.02. The first-order chi connectivity index (χ1) is 4.33. The maximum atomic E-state index is 5.39. The lowest BCUT2D eigenvalue weighted by Crippen LogP contribution is -2.45. The van der Waals surface area contributed by atoms with Crippen molar-refractivity contribution in [1.82, 2.24) is 5.32 Å². The summed E-state index contributed by atoms with van der Waals surface area (Å²) < 4.78 is 5.39. The van der Waals surface area contributed by atoms with Crippen molar-refractivity contribution >= 4 is 0 Å². The first-order valence-electron chi connectivity index (χ1n) is 3.71. The van der Waals surface area contributed by atoms with E-state index in [1.54, 1.807) is 0 Å². The number of epoxide rings is 1. The van der Waals surface area contributed by atoms with Crippen molar-refractivity contribution in [2.45, 2.75) is 38.8 Å². The Hall–Kier alpha value is -0.0800. The highest BCUT2D eigenvalue weighted by atomic mass is 16.6. The van der Waals surface area contributed by atoms with Crippen LogP contribution in [-0.4, -0.2) is 24.8 Å². The van der Waals surface area contributed by atoms with Crippen molar-refractivity contribution < 1.29 is 4.74 Å². The summed E-state index contributed by atoms with van der Waals surface area (Å²) in [6.07, 6.45) is 2.55. The summed E-state index contributed by atoms with van der Waals surface area (Å²) in [5.74, 6) is 0. The minimum atomic E-state index is 0. The molecule has 2 unspecified atom stereocenters. The lowest BCUT2D eigenvalue weighted by Gasteiger charge is -2.26. The Balaban J connectivity index is 0.000000500. The van der Waals surface area contributed by atoms with E-state index in [4.69, 9.17) is 4.74 Å². The molecule has 60 valence electrons. The fourth-order valence-electron chi connectivity index (χ4n) is 1.60. The topological polar surface area (TPSA) is 24.6 Å². The zero-order valence-electron chi connectivity index (χ0n) is 5.81. The Labute approximate surface area is 63.0 Å².